The van der Waals surface area contributed by atoms with E-state index < -0.39 is 11.2 Å². The molecule has 0 amide bonds. The van der Waals surface area contributed by atoms with Gasteiger partial charge in [-0.1, -0.05) is 114 Å². The van der Waals surface area contributed by atoms with Gasteiger partial charge in [0.25, 0.3) is 0 Å². The molecule has 7 nitrogen and oxygen atoms in total. The third-order valence-electron chi connectivity index (χ3n) is 33.2. The standard InChI is InChI=1S/C22H30O2.C21H30O2.C21H28O2.C21H26O/c1-5-22(24-4)13-10-19-17-7-6-15-14-16(23)8-11-20(15,2)18(17)9-12-21(19,22)3;2*1-4-21(23)12-9-18-16-6-5-14-13-15(22)7-10-19(14,2)17(16)8-11-20(18,21)3;1-4-14-6-8-18-17-7-5-15-13-16(22)9-11-21(15,3)19(17)10-12-20(14,18)2/h1,14,17-19H,6-13H2,2-4H3;4,13,16-18,23H,1,5-12H2,2-3H3;1,5,16-18,23H,6-13H2,2-3H3;1,6,13,17-19H,5,7-12H2,2-3H3/t17?,18-,19-,20+,21+,22-;2*16?,17-,18-,19+,20+,21-;17?,18-,19-,20-,21+/m1111/s1. The molecule has 496 valence electrons. The lowest BCUT2D eigenvalue weighted by atomic mass is 9.46. The van der Waals surface area contributed by atoms with E-state index in [4.69, 9.17) is 24.0 Å². The van der Waals surface area contributed by atoms with Crippen LogP contribution in [0.2, 0.25) is 0 Å². The molecule has 0 aliphatic heterocycles. The number of Topliss-reactive ketones (excluding diaryl/α,β-unsaturated/α-hetero) is 1. The van der Waals surface area contributed by atoms with Crippen molar-refractivity contribution in [3.8, 4) is 37.0 Å². The lowest BCUT2D eigenvalue weighted by Gasteiger charge is -2.59. The number of ketones is 4. The van der Waals surface area contributed by atoms with Crippen LogP contribution in [0.25, 0.3) is 0 Å². The molecular weight excluding hydrogens is 1130 g/mol. The Bertz CT molecular complexity index is 3360. The molecule has 16 rings (SSSR count). The van der Waals surface area contributed by atoms with Gasteiger partial charge in [-0.25, -0.2) is 0 Å². The summed E-state index contributed by atoms with van der Waals surface area (Å²) in [5, 5.41) is 22.1. The van der Waals surface area contributed by atoms with Crippen LogP contribution in [-0.2, 0) is 23.9 Å². The van der Waals surface area contributed by atoms with Crippen molar-refractivity contribution in [2.45, 2.75) is 271 Å². The lowest BCUT2D eigenvalue weighted by Crippen LogP contribution is -2.55. The lowest BCUT2D eigenvalue weighted by molar-refractivity contribution is -0.124. The van der Waals surface area contributed by atoms with Gasteiger partial charge in [0.1, 0.15) is 17.0 Å². The SMILES string of the molecule is C#CC1=CC[C@@H]2C3CCC4=CC(=O)CC[C@]4(C)[C@@H]3CC[C@]12C.C#C[C@@]1(O)CC[C@@H]2C3CC=C4CC(=O)CC[C@]4(C)[C@@H]3CC[C@@]21C.C#C[C@@]1(OC)CC[C@@H]2C3CCC4=CC(=O)CC[C@]4(C)[C@@H]3CC[C@@]21C.C=C[C@@]1(O)CC[C@@H]2C3CCC4=CC(=O)CC[C@]4(C)[C@@H]3CC[C@@]21C. The minimum absolute atomic E-state index is 0.00200. The Balaban J connectivity index is 0.000000112. The zero-order chi connectivity index (χ0) is 65.6. The number of carbonyl (C=O) groups is 4. The van der Waals surface area contributed by atoms with Gasteiger partial charge in [-0.15, -0.1) is 25.8 Å². The van der Waals surface area contributed by atoms with E-state index in [-0.39, 0.29) is 48.9 Å². The topological polar surface area (TPSA) is 118 Å². The molecule has 0 saturated heterocycles. The van der Waals surface area contributed by atoms with Gasteiger partial charge in [-0.3, -0.25) is 19.2 Å². The Morgan fingerprint density at radius 1 is 0.446 bits per heavy atom. The van der Waals surface area contributed by atoms with Gasteiger partial charge >= 0.3 is 0 Å². The minimum Gasteiger partial charge on any atom is -0.385 e. The zero-order valence-electron chi connectivity index (χ0n) is 58.2. The second-order valence-corrected chi connectivity index (χ2v) is 35.6. The van der Waals surface area contributed by atoms with Crippen LogP contribution in [-0.4, -0.2) is 57.3 Å². The second kappa shape index (κ2) is 23.2. The molecule has 0 aromatic heterocycles. The highest BCUT2D eigenvalue weighted by molar-refractivity contribution is 5.92. The van der Waals surface area contributed by atoms with Crippen LogP contribution in [0.3, 0.4) is 0 Å². The van der Waals surface area contributed by atoms with Crippen molar-refractivity contribution in [3.05, 3.63) is 70.9 Å². The van der Waals surface area contributed by atoms with Gasteiger partial charge in [-0.05, 0) is 278 Å². The molecule has 16 aliphatic rings. The van der Waals surface area contributed by atoms with E-state index >= 15 is 0 Å². The van der Waals surface area contributed by atoms with E-state index in [0.29, 0.717) is 76.9 Å². The van der Waals surface area contributed by atoms with E-state index in [1.54, 1.807) is 7.11 Å². The van der Waals surface area contributed by atoms with Gasteiger partial charge in [-0.2, -0.15) is 0 Å². The molecule has 0 spiro atoms. The maximum absolute atomic E-state index is 11.9. The molecule has 7 heteroatoms. The molecule has 11 saturated carbocycles. The molecule has 11 fully saturated rings. The second-order valence-electron chi connectivity index (χ2n) is 35.6. The van der Waals surface area contributed by atoms with Crippen molar-refractivity contribution in [2.75, 3.05) is 7.11 Å². The van der Waals surface area contributed by atoms with E-state index in [0.717, 1.165) is 159 Å². The van der Waals surface area contributed by atoms with Crippen molar-refractivity contribution in [1.29, 1.82) is 0 Å². The number of carbonyl (C=O) groups excluding carboxylic acids is 4. The third kappa shape index (κ3) is 9.55. The predicted octanol–water partition coefficient (Wildman–Crippen LogP) is 17.5. The Labute approximate surface area is 555 Å². The van der Waals surface area contributed by atoms with Crippen molar-refractivity contribution in [2.24, 2.45) is 114 Å². The summed E-state index contributed by atoms with van der Waals surface area (Å²) < 4.78 is 5.95. The summed E-state index contributed by atoms with van der Waals surface area (Å²) in [6.07, 6.45) is 62.3. The van der Waals surface area contributed by atoms with E-state index in [9.17, 15) is 29.4 Å². The average Bonchev–Trinajstić information content (AvgIpc) is 1.46. The van der Waals surface area contributed by atoms with Crippen LogP contribution in [0.1, 0.15) is 254 Å². The Morgan fingerprint density at radius 2 is 0.880 bits per heavy atom. The molecule has 0 aromatic carbocycles. The fourth-order valence-corrected chi connectivity index (χ4v) is 27.2. The van der Waals surface area contributed by atoms with Crippen molar-refractivity contribution in [1.82, 2.24) is 0 Å². The summed E-state index contributed by atoms with van der Waals surface area (Å²) in [5.41, 5.74) is 6.20. The summed E-state index contributed by atoms with van der Waals surface area (Å²) in [4.78, 5) is 47.5. The Hall–Kier alpha value is -4.32. The summed E-state index contributed by atoms with van der Waals surface area (Å²) >= 11 is 0. The third-order valence-corrected chi connectivity index (χ3v) is 33.2. The molecule has 4 unspecified atom stereocenters. The maximum atomic E-state index is 11.9. The first kappa shape index (κ1) is 66.3. The maximum Gasteiger partial charge on any atom is 0.155 e. The minimum atomic E-state index is -0.921. The Kier molecular flexibility index (Phi) is 16.7. The first-order valence-corrected chi connectivity index (χ1v) is 37.3. The van der Waals surface area contributed by atoms with Gasteiger partial charge in [0, 0.05) is 66.4 Å². The Morgan fingerprint density at radius 3 is 1.39 bits per heavy atom. The van der Waals surface area contributed by atoms with Crippen molar-refractivity contribution >= 4 is 23.1 Å². The molecule has 92 heavy (non-hydrogen) atoms. The molecule has 0 radical (unpaired) electrons. The van der Waals surface area contributed by atoms with Gasteiger partial charge in [0.05, 0.1) is 5.60 Å². The number of hydrogen-bond donors (Lipinski definition) is 2. The number of methoxy groups -OCH3 is 1. The molecule has 23 atom stereocenters. The molecule has 16 aliphatic carbocycles. The predicted molar refractivity (Wildman–Crippen MR) is 367 cm³/mol. The van der Waals surface area contributed by atoms with E-state index in [1.807, 2.05) is 24.3 Å². The number of aliphatic hydroxyl groups is 2. The molecule has 2 N–H and O–H groups in total. The van der Waals surface area contributed by atoms with Crippen molar-refractivity contribution < 1.29 is 34.1 Å². The number of rotatable bonds is 2. The number of terminal acetylenes is 3. The van der Waals surface area contributed by atoms with Crippen LogP contribution in [0.4, 0.5) is 0 Å². The first-order valence-electron chi connectivity index (χ1n) is 37.3. The number of fused-ring (bicyclic) bond motifs is 20. The summed E-state index contributed by atoms with van der Waals surface area (Å²) in [6, 6.07) is 0. The molecule has 0 aromatic rings. The van der Waals surface area contributed by atoms with Gasteiger partial charge < -0.3 is 14.9 Å². The molecular formula is C85H114O7. The van der Waals surface area contributed by atoms with Crippen molar-refractivity contribution in [3.63, 3.8) is 0 Å². The summed E-state index contributed by atoms with van der Waals surface area (Å²) in [6.45, 7) is 23.0. The first-order chi connectivity index (χ1) is 43.6. The largest absolute Gasteiger partial charge is 0.385 e. The molecule has 0 bridgehead atoms. The van der Waals surface area contributed by atoms with Crippen LogP contribution in [0.15, 0.2) is 70.9 Å². The smallest absolute Gasteiger partial charge is 0.155 e. The van der Waals surface area contributed by atoms with Gasteiger partial charge in [0.15, 0.2) is 17.3 Å². The summed E-state index contributed by atoms with van der Waals surface area (Å²) in [5.74, 6) is 18.4. The number of ether oxygens (including phenoxy) is 1. The fourth-order valence-electron chi connectivity index (χ4n) is 27.2. The highest BCUT2D eigenvalue weighted by Crippen LogP contribution is 2.72. The normalized spacial score (nSPS) is 50.4. The summed E-state index contributed by atoms with van der Waals surface area (Å²) in [7, 11) is 1.80. The molecule has 0 heterocycles. The quantitative estimate of drug-likeness (QED) is 0.209. The zero-order valence-corrected chi connectivity index (χ0v) is 58.2. The monoisotopic (exact) mass is 1250 g/mol. The van der Waals surface area contributed by atoms with Crippen LogP contribution in [0, 0.1) is 151 Å². The van der Waals surface area contributed by atoms with Crippen LogP contribution >= 0.6 is 0 Å². The van der Waals surface area contributed by atoms with Crippen LogP contribution in [0.5, 0.6) is 0 Å². The average molecular weight is 1250 g/mol. The number of hydrogen-bond acceptors (Lipinski definition) is 7. The fraction of sp³-hybridized carbons (Fsp3) is 0.741. The van der Waals surface area contributed by atoms with E-state index in [1.165, 1.54) is 85.7 Å². The highest BCUT2D eigenvalue weighted by atomic mass is 16.5. The number of allylic oxidation sites excluding steroid dienone is 8. The van der Waals surface area contributed by atoms with E-state index in [2.05, 4.69) is 91.9 Å². The highest BCUT2D eigenvalue weighted by Gasteiger charge is 2.67. The van der Waals surface area contributed by atoms with Crippen LogP contribution < -0.4 is 0 Å². The van der Waals surface area contributed by atoms with Gasteiger partial charge in [0.2, 0.25) is 0 Å².